The summed E-state index contributed by atoms with van der Waals surface area (Å²) in [6, 6.07) is -0.510. The van der Waals surface area contributed by atoms with Crippen LogP contribution in [0.15, 0.2) is 0 Å². The molecule has 0 radical (unpaired) electrons. The molecule has 0 aliphatic carbocycles. The summed E-state index contributed by atoms with van der Waals surface area (Å²) >= 11 is 1.27. The first-order valence-electron chi connectivity index (χ1n) is 3.41. The zero-order valence-electron chi connectivity index (χ0n) is 6.79. The molecule has 3 N–H and O–H groups in total. The van der Waals surface area contributed by atoms with Gasteiger partial charge in [-0.25, -0.2) is 4.79 Å². The molecule has 0 rings (SSSR count). The van der Waals surface area contributed by atoms with Gasteiger partial charge < -0.3 is 10.4 Å². The lowest BCUT2D eigenvalue weighted by Crippen LogP contribution is -2.38. The number of amides is 3. The first-order chi connectivity index (χ1) is 5.70. The van der Waals surface area contributed by atoms with Crippen LogP contribution in [0.4, 0.5) is 4.79 Å². The number of thioether (sulfide) groups is 1. The first-order valence-corrected chi connectivity index (χ1v) is 4.56. The third-order valence-corrected chi connectivity index (χ3v) is 1.89. The minimum atomic E-state index is -0.510. The zero-order chi connectivity index (χ0) is 9.40. The van der Waals surface area contributed by atoms with Crippen LogP contribution in [-0.2, 0) is 4.79 Å². The molecule has 0 unspecified atom stereocenters. The molecule has 0 aliphatic heterocycles. The molecule has 0 saturated heterocycles. The Morgan fingerprint density at radius 2 is 2.17 bits per heavy atom. The topological polar surface area (TPSA) is 78.4 Å². The number of aliphatic hydroxyl groups is 1. The molecule has 0 aromatic carbocycles. The summed E-state index contributed by atoms with van der Waals surface area (Å²) in [6.45, 7) is 0.0396. The quantitative estimate of drug-likeness (QED) is 0.508. The maximum atomic E-state index is 10.8. The van der Waals surface area contributed by atoms with Crippen LogP contribution in [0.25, 0.3) is 0 Å². The van der Waals surface area contributed by atoms with Crippen molar-refractivity contribution >= 4 is 23.7 Å². The van der Waals surface area contributed by atoms with Crippen LogP contribution in [0.5, 0.6) is 0 Å². The Balaban J connectivity index is 3.40. The molecule has 0 atom stereocenters. The lowest BCUT2D eigenvalue weighted by atomic mass is 10.7. The van der Waals surface area contributed by atoms with Gasteiger partial charge in [0.05, 0.1) is 12.4 Å². The van der Waals surface area contributed by atoms with Crippen molar-refractivity contribution in [3.8, 4) is 0 Å². The maximum Gasteiger partial charge on any atom is 0.321 e. The highest BCUT2D eigenvalue weighted by Crippen LogP contribution is 1.96. The molecule has 0 heterocycles. The van der Waals surface area contributed by atoms with E-state index in [2.05, 4.69) is 10.6 Å². The van der Waals surface area contributed by atoms with Crippen molar-refractivity contribution in [1.82, 2.24) is 10.6 Å². The van der Waals surface area contributed by atoms with Crippen molar-refractivity contribution in [3.63, 3.8) is 0 Å². The van der Waals surface area contributed by atoms with Crippen LogP contribution in [-0.4, -0.2) is 42.2 Å². The van der Waals surface area contributed by atoms with E-state index in [1.165, 1.54) is 18.8 Å². The second-order valence-electron chi connectivity index (χ2n) is 1.90. The Kier molecular flexibility index (Phi) is 6.50. The molecule has 0 bridgehead atoms. The standard InChI is InChI=1S/C6H12N2O3S/c1-7-6(11)8-5(10)4-12-3-2-9/h9H,2-4H2,1H3,(H2,7,8,10,11). The molecule has 0 aromatic rings. The van der Waals surface area contributed by atoms with E-state index in [9.17, 15) is 9.59 Å². The summed E-state index contributed by atoms with van der Waals surface area (Å²) in [6.07, 6.45) is 0. The van der Waals surface area contributed by atoms with Gasteiger partial charge >= 0.3 is 6.03 Å². The predicted octanol–water partition coefficient (Wildman–Crippen LogP) is -0.832. The van der Waals surface area contributed by atoms with Crippen molar-refractivity contribution in [3.05, 3.63) is 0 Å². The van der Waals surface area contributed by atoms with Crippen molar-refractivity contribution in [2.24, 2.45) is 0 Å². The molecule has 3 amide bonds. The molecular weight excluding hydrogens is 180 g/mol. The molecular formula is C6H12N2O3S. The van der Waals surface area contributed by atoms with E-state index < -0.39 is 6.03 Å². The number of urea groups is 1. The van der Waals surface area contributed by atoms with Gasteiger partial charge in [-0.15, -0.1) is 11.8 Å². The normalized spacial score (nSPS) is 9.17. The third kappa shape index (κ3) is 5.99. The van der Waals surface area contributed by atoms with E-state index in [0.29, 0.717) is 5.75 Å². The van der Waals surface area contributed by atoms with Crippen LogP contribution >= 0.6 is 11.8 Å². The Labute approximate surface area is 74.9 Å². The second kappa shape index (κ2) is 6.93. The van der Waals surface area contributed by atoms with Crippen LogP contribution in [0, 0.1) is 0 Å². The lowest BCUT2D eigenvalue weighted by Gasteiger charge is -2.01. The Morgan fingerprint density at radius 3 is 2.67 bits per heavy atom. The Hall–Kier alpha value is -0.750. The molecule has 0 fully saturated rings. The Bertz CT molecular complexity index is 163. The van der Waals surface area contributed by atoms with Gasteiger partial charge in [0.1, 0.15) is 0 Å². The number of carbonyl (C=O) groups excluding carboxylic acids is 2. The van der Waals surface area contributed by atoms with Crippen LogP contribution in [0.3, 0.4) is 0 Å². The van der Waals surface area contributed by atoms with Crippen molar-refractivity contribution < 1.29 is 14.7 Å². The van der Waals surface area contributed by atoms with Crippen molar-refractivity contribution in [1.29, 1.82) is 0 Å². The second-order valence-corrected chi connectivity index (χ2v) is 3.01. The number of aliphatic hydroxyl groups excluding tert-OH is 1. The number of nitrogens with one attached hydrogen (secondary N) is 2. The van der Waals surface area contributed by atoms with Crippen molar-refractivity contribution in [2.75, 3.05) is 25.2 Å². The summed E-state index contributed by atoms with van der Waals surface area (Å²) < 4.78 is 0. The average Bonchev–Trinajstić information content (AvgIpc) is 2.05. The summed E-state index contributed by atoms with van der Waals surface area (Å²) in [5, 5.41) is 12.7. The molecule has 0 spiro atoms. The minimum Gasteiger partial charge on any atom is -0.396 e. The maximum absolute atomic E-state index is 10.8. The number of hydrogen-bond donors (Lipinski definition) is 3. The summed E-state index contributed by atoms with van der Waals surface area (Å²) in [5.74, 6) is 0.336. The van der Waals surface area contributed by atoms with E-state index >= 15 is 0 Å². The monoisotopic (exact) mass is 192 g/mol. The van der Waals surface area contributed by atoms with Gasteiger partial charge in [0.15, 0.2) is 0 Å². The van der Waals surface area contributed by atoms with E-state index in [-0.39, 0.29) is 18.3 Å². The fraction of sp³-hybridized carbons (Fsp3) is 0.667. The highest BCUT2D eigenvalue weighted by Gasteiger charge is 2.04. The average molecular weight is 192 g/mol. The zero-order valence-corrected chi connectivity index (χ0v) is 7.61. The number of carbonyl (C=O) groups is 2. The highest BCUT2D eigenvalue weighted by atomic mass is 32.2. The van der Waals surface area contributed by atoms with E-state index in [1.807, 2.05) is 0 Å². The van der Waals surface area contributed by atoms with Crippen LogP contribution in [0.2, 0.25) is 0 Å². The summed E-state index contributed by atoms with van der Waals surface area (Å²) in [4.78, 5) is 21.4. The fourth-order valence-electron chi connectivity index (χ4n) is 0.455. The van der Waals surface area contributed by atoms with Gasteiger partial charge in [0.2, 0.25) is 5.91 Å². The van der Waals surface area contributed by atoms with Gasteiger partial charge in [-0.1, -0.05) is 0 Å². The summed E-state index contributed by atoms with van der Waals surface area (Å²) in [5.41, 5.74) is 0. The van der Waals surface area contributed by atoms with E-state index in [1.54, 1.807) is 0 Å². The van der Waals surface area contributed by atoms with Crippen molar-refractivity contribution in [2.45, 2.75) is 0 Å². The van der Waals surface area contributed by atoms with Gasteiger partial charge in [-0.3, -0.25) is 10.1 Å². The minimum absolute atomic E-state index is 0.0396. The van der Waals surface area contributed by atoms with E-state index in [4.69, 9.17) is 5.11 Å². The molecule has 0 saturated carbocycles. The number of rotatable bonds is 4. The molecule has 6 heteroatoms. The first kappa shape index (κ1) is 11.2. The smallest absolute Gasteiger partial charge is 0.321 e. The largest absolute Gasteiger partial charge is 0.396 e. The van der Waals surface area contributed by atoms with E-state index in [0.717, 1.165) is 0 Å². The predicted molar refractivity (Wildman–Crippen MR) is 47.0 cm³/mol. The number of hydrogen-bond acceptors (Lipinski definition) is 4. The van der Waals surface area contributed by atoms with Gasteiger partial charge in [-0.05, 0) is 0 Å². The molecule has 5 nitrogen and oxygen atoms in total. The van der Waals surface area contributed by atoms with Gasteiger partial charge in [0, 0.05) is 12.8 Å². The molecule has 0 aromatic heterocycles. The molecule has 12 heavy (non-hydrogen) atoms. The SMILES string of the molecule is CNC(=O)NC(=O)CSCCO. The van der Waals surface area contributed by atoms with Gasteiger partial charge in [-0.2, -0.15) is 0 Å². The molecule has 70 valence electrons. The molecule has 0 aliphatic rings. The fourth-order valence-corrected chi connectivity index (χ4v) is 0.986. The highest BCUT2D eigenvalue weighted by molar-refractivity contribution is 7.99. The Morgan fingerprint density at radius 1 is 1.50 bits per heavy atom. The van der Waals surface area contributed by atoms with Crippen LogP contribution < -0.4 is 10.6 Å². The third-order valence-electron chi connectivity index (χ3n) is 0.949. The number of imide groups is 1. The lowest BCUT2D eigenvalue weighted by molar-refractivity contribution is -0.117. The van der Waals surface area contributed by atoms with Gasteiger partial charge in [0.25, 0.3) is 0 Å². The summed E-state index contributed by atoms with van der Waals surface area (Å²) in [7, 11) is 1.43. The van der Waals surface area contributed by atoms with Crippen LogP contribution in [0.1, 0.15) is 0 Å².